The van der Waals surface area contributed by atoms with Gasteiger partial charge in [0.1, 0.15) is 13.2 Å². The van der Waals surface area contributed by atoms with E-state index in [1.54, 1.807) is 4.90 Å². The number of carbonyl (C=O) groups is 2. The zero-order valence-corrected chi connectivity index (χ0v) is 13.7. The molecule has 2 aliphatic rings. The number of carbonyl (C=O) groups excluding carboxylic acids is 2. The van der Waals surface area contributed by atoms with Crippen molar-refractivity contribution in [2.24, 2.45) is 5.92 Å². The Morgan fingerprint density at radius 3 is 2.92 bits per heavy atom. The van der Waals surface area contributed by atoms with Crippen LogP contribution in [0.25, 0.3) is 0 Å². The molecule has 3 rings (SSSR count). The maximum atomic E-state index is 11.9. The predicted molar refractivity (Wildman–Crippen MR) is 83.8 cm³/mol. The van der Waals surface area contributed by atoms with E-state index in [0.717, 1.165) is 18.7 Å². The van der Waals surface area contributed by atoms with Gasteiger partial charge in [0.05, 0.1) is 0 Å². The van der Waals surface area contributed by atoms with Gasteiger partial charge in [0.2, 0.25) is 11.8 Å². The van der Waals surface area contributed by atoms with Crippen molar-refractivity contribution in [2.75, 3.05) is 19.7 Å². The maximum Gasteiger partial charge on any atom is 0.252 e. The number of likely N-dealkylation sites (tertiary alicyclic amines) is 1. The van der Waals surface area contributed by atoms with Gasteiger partial charge < -0.3 is 19.5 Å². The summed E-state index contributed by atoms with van der Waals surface area (Å²) in [6.07, 6.45) is 3.52. The summed E-state index contributed by atoms with van der Waals surface area (Å²) < 4.78 is 10.4. The molecular formula is C16H22N4O4. The zero-order valence-electron chi connectivity index (χ0n) is 13.7. The number of ether oxygens (including phenoxy) is 1. The Balaban J connectivity index is 1.32. The van der Waals surface area contributed by atoms with Gasteiger partial charge in [-0.3, -0.25) is 9.59 Å². The zero-order chi connectivity index (χ0) is 17.1. The molecule has 24 heavy (non-hydrogen) atoms. The molecule has 2 amide bonds. The highest BCUT2D eigenvalue weighted by molar-refractivity contribution is 5.87. The summed E-state index contributed by atoms with van der Waals surface area (Å²) in [5.74, 6) is 1.55. The van der Waals surface area contributed by atoms with Crippen LogP contribution >= 0.6 is 0 Å². The van der Waals surface area contributed by atoms with Gasteiger partial charge in [-0.15, -0.1) is 0 Å². The number of amides is 2. The molecule has 1 atom stereocenters. The molecule has 2 fully saturated rings. The summed E-state index contributed by atoms with van der Waals surface area (Å²) >= 11 is 0. The van der Waals surface area contributed by atoms with Gasteiger partial charge in [0, 0.05) is 31.0 Å². The van der Waals surface area contributed by atoms with E-state index >= 15 is 0 Å². The number of nitrogens with zero attached hydrogens (tertiary/aromatic N) is 3. The number of nitrogens with one attached hydrogen (secondary N) is 1. The predicted octanol–water partition coefficient (Wildman–Crippen LogP) is 0.613. The van der Waals surface area contributed by atoms with Crippen molar-refractivity contribution < 1.29 is 18.8 Å². The third-order valence-electron chi connectivity index (χ3n) is 4.38. The summed E-state index contributed by atoms with van der Waals surface area (Å²) in [7, 11) is 0. The smallest absolute Gasteiger partial charge is 0.252 e. The Morgan fingerprint density at radius 1 is 1.50 bits per heavy atom. The Bertz CT molecular complexity index is 619. The number of hydrogen-bond donors (Lipinski definition) is 1. The van der Waals surface area contributed by atoms with Gasteiger partial charge >= 0.3 is 0 Å². The molecule has 0 radical (unpaired) electrons. The molecule has 1 aromatic rings. The summed E-state index contributed by atoms with van der Waals surface area (Å²) in [5, 5.41) is 6.77. The average Bonchev–Trinajstić information content (AvgIpc) is 3.25. The molecule has 8 heteroatoms. The number of hydrogen-bond acceptors (Lipinski definition) is 6. The van der Waals surface area contributed by atoms with Crippen LogP contribution in [0.4, 0.5) is 0 Å². The maximum absolute atomic E-state index is 11.9. The van der Waals surface area contributed by atoms with Crippen LogP contribution in [0.2, 0.25) is 0 Å². The fourth-order valence-corrected chi connectivity index (χ4v) is 2.62. The van der Waals surface area contributed by atoms with Crippen molar-refractivity contribution in [3.05, 3.63) is 24.4 Å². The normalized spacial score (nSPS) is 18.8. The lowest BCUT2D eigenvalue weighted by Gasteiger charge is -2.42. The quantitative estimate of drug-likeness (QED) is 0.700. The summed E-state index contributed by atoms with van der Waals surface area (Å²) in [4.78, 5) is 29.2. The second-order valence-corrected chi connectivity index (χ2v) is 6.38. The van der Waals surface area contributed by atoms with Crippen LogP contribution in [0.5, 0.6) is 0 Å². The van der Waals surface area contributed by atoms with Gasteiger partial charge in [-0.1, -0.05) is 11.7 Å². The van der Waals surface area contributed by atoms with Gasteiger partial charge in [0.15, 0.2) is 5.82 Å². The highest BCUT2D eigenvalue weighted by Crippen LogP contribution is 2.38. The van der Waals surface area contributed by atoms with Crippen molar-refractivity contribution in [3.8, 4) is 0 Å². The molecule has 0 bridgehead atoms. The fraction of sp³-hybridized carbons (Fsp3) is 0.625. The SMILES string of the molecule is C=CC(=O)N1CC(C(C)NC(=O)COCc2nc(C3CC3)no2)C1. The first-order valence-corrected chi connectivity index (χ1v) is 8.17. The monoisotopic (exact) mass is 334 g/mol. The lowest BCUT2D eigenvalue weighted by atomic mass is 9.92. The van der Waals surface area contributed by atoms with E-state index in [1.165, 1.54) is 6.08 Å². The second-order valence-electron chi connectivity index (χ2n) is 6.38. The molecule has 1 aliphatic carbocycles. The highest BCUT2D eigenvalue weighted by atomic mass is 16.5. The molecule has 130 valence electrons. The standard InChI is InChI=1S/C16H22N4O4/c1-3-15(22)20-6-12(7-20)10(2)17-13(21)8-23-9-14-18-16(19-24-14)11-4-5-11/h3,10-12H,1,4-9H2,2H3,(H,17,21). The Morgan fingerprint density at radius 2 is 2.25 bits per heavy atom. The van der Waals surface area contributed by atoms with Crippen molar-refractivity contribution in [2.45, 2.75) is 38.3 Å². The highest BCUT2D eigenvalue weighted by Gasteiger charge is 2.33. The van der Waals surface area contributed by atoms with Crippen LogP contribution < -0.4 is 5.32 Å². The average molecular weight is 334 g/mol. The number of rotatable bonds is 8. The van der Waals surface area contributed by atoms with Gasteiger partial charge in [-0.2, -0.15) is 4.98 Å². The summed E-state index contributed by atoms with van der Waals surface area (Å²) in [6.45, 7) is 6.73. The van der Waals surface area contributed by atoms with E-state index < -0.39 is 0 Å². The largest absolute Gasteiger partial charge is 0.362 e. The molecule has 1 aromatic heterocycles. The molecule has 0 spiro atoms. The van der Waals surface area contributed by atoms with E-state index in [-0.39, 0.29) is 37.0 Å². The molecular weight excluding hydrogens is 312 g/mol. The molecule has 1 saturated heterocycles. The third kappa shape index (κ3) is 4.00. The molecule has 1 saturated carbocycles. The van der Waals surface area contributed by atoms with Crippen molar-refractivity contribution in [3.63, 3.8) is 0 Å². The molecule has 2 heterocycles. The summed E-state index contributed by atoms with van der Waals surface area (Å²) in [5.41, 5.74) is 0. The summed E-state index contributed by atoms with van der Waals surface area (Å²) in [6, 6.07) is -0.0140. The van der Waals surface area contributed by atoms with E-state index in [1.807, 2.05) is 6.92 Å². The lowest BCUT2D eigenvalue weighted by Crippen LogP contribution is -2.57. The van der Waals surface area contributed by atoms with Crippen molar-refractivity contribution in [1.29, 1.82) is 0 Å². The molecule has 0 aromatic carbocycles. The van der Waals surface area contributed by atoms with E-state index in [9.17, 15) is 9.59 Å². The molecule has 1 aliphatic heterocycles. The minimum absolute atomic E-state index is 0.0140. The van der Waals surface area contributed by atoms with Crippen LogP contribution in [0.3, 0.4) is 0 Å². The van der Waals surface area contributed by atoms with Gasteiger partial charge in [-0.25, -0.2) is 0 Å². The van der Waals surface area contributed by atoms with Crippen LogP contribution in [0.15, 0.2) is 17.2 Å². The third-order valence-corrected chi connectivity index (χ3v) is 4.38. The van der Waals surface area contributed by atoms with Crippen LogP contribution in [0.1, 0.15) is 37.4 Å². The molecule has 1 unspecified atom stereocenters. The Kier molecular flexibility index (Phi) is 4.94. The van der Waals surface area contributed by atoms with Crippen molar-refractivity contribution >= 4 is 11.8 Å². The van der Waals surface area contributed by atoms with Crippen LogP contribution in [-0.4, -0.2) is 52.6 Å². The van der Waals surface area contributed by atoms with Crippen LogP contribution in [-0.2, 0) is 20.9 Å². The Hall–Kier alpha value is -2.22. The fourth-order valence-electron chi connectivity index (χ4n) is 2.62. The first kappa shape index (κ1) is 16.6. The van der Waals surface area contributed by atoms with Gasteiger partial charge in [-0.05, 0) is 25.8 Å². The van der Waals surface area contributed by atoms with E-state index in [0.29, 0.717) is 24.9 Å². The molecule has 8 nitrogen and oxygen atoms in total. The minimum Gasteiger partial charge on any atom is -0.362 e. The lowest BCUT2D eigenvalue weighted by molar-refractivity contribution is -0.133. The number of aromatic nitrogens is 2. The first-order chi connectivity index (χ1) is 11.6. The Labute approximate surface area is 140 Å². The topological polar surface area (TPSA) is 97.6 Å². The molecule has 1 N–H and O–H groups in total. The van der Waals surface area contributed by atoms with Crippen LogP contribution in [0, 0.1) is 5.92 Å². The van der Waals surface area contributed by atoms with E-state index in [2.05, 4.69) is 22.0 Å². The van der Waals surface area contributed by atoms with Gasteiger partial charge in [0.25, 0.3) is 5.89 Å². The van der Waals surface area contributed by atoms with E-state index in [4.69, 9.17) is 9.26 Å². The second kappa shape index (κ2) is 7.12. The minimum atomic E-state index is -0.196. The first-order valence-electron chi connectivity index (χ1n) is 8.17. The van der Waals surface area contributed by atoms with Crippen molar-refractivity contribution in [1.82, 2.24) is 20.4 Å².